The first-order valence-corrected chi connectivity index (χ1v) is 10.9. The number of hydrogen-bond donors (Lipinski definition) is 1. The van der Waals surface area contributed by atoms with Crippen LogP contribution in [0.15, 0.2) is 48.5 Å². The molecule has 3 aromatic rings. The average Bonchev–Trinajstić information content (AvgIpc) is 2.86. The van der Waals surface area contributed by atoms with Crippen LogP contribution in [0.4, 0.5) is 16.3 Å². The molecule has 1 N–H and O–H groups in total. The maximum Gasteiger partial charge on any atom is 0.322 e. The van der Waals surface area contributed by atoms with Crippen molar-refractivity contribution in [3.63, 3.8) is 0 Å². The van der Waals surface area contributed by atoms with Crippen molar-refractivity contribution in [2.45, 2.75) is 13.8 Å². The van der Waals surface area contributed by atoms with Crippen molar-refractivity contribution in [2.24, 2.45) is 0 Å². The van der Waals surface area contributed by atoms with Crippen LogP contribution in [0, 0.1) is 13.8 Å². The Balaban J connectivity index is 1.35. The van der Waals surface area contributed by atoms with Gasteiger partial charge >= 0.3 is 6.03 Å². The predicted molar refractivity (Wildman–Crippen MR) is 129 cm³/mol. The number of nitrogens with one attached hydrogen (secondary N) is 1. The number of carbonyl (C=O) groups is 1. The summed E-state index contributed by atoms with van der Waals surface area (Å²) in [5.41, 5.74) is 5.02. The van der Waals surface area contributed by atoms with E-state index in [-0.39, 0.29) is 6.03 Å². The third kappa shape index (κ3) is 5.00. The first-order valence-electron chi connectivity index (χ1n) is 10.9. The van der Waals surface area contributed by atoms with Gasteiger partial charge < -0.3 is 24.6 Å². The number of anilines is 2. The normalized spacial score (nSPS) is 13.6. The van der Waals surface area contributed by atoms with Crippen LogP contribution in [0.5, 0.6) is 11.5 Å². The van der Waals surface area contributed by atoms with Crippen LogP contribution in [0.3, 0.4) is 0 Å². The third-order valence-corrected chi connectivity index (χ3v) is 5.99. The third-order valence-electron chi connectivity index (χ3n) is 5.99. The largest absolute Gasteiger partial charge is 0.497 e. The molecule has 4 rings (SSSR count). The number of amides is 2. The summed E-state index contributed by atoms with van der Waals surface area (Å²) in [6.45, 7) is 6.74. The fraction of sp³-hybridized carbons (Fsp3) is 0.320. The minimum Gasteiger partial charge on any atom is -0.497 e. The predicted octanol–water partition coefficient (Wildman–Crippen LogP) is 4.13. The van der Waals surface area contributed by atoms with Gasteiger partial charge in [-0.2, -0.15) is 0 Å². The number of nitrogens with zero attached hydrogens (tertiary/aromatic N) is 4. The van der Waals surface area contributed by atoms with Crippen LogP contribution < -0.4 is 19.7 Å². The van der Waals surface area contributed by atoms with E-state index in [2.05, 4.69) is 52.5 Å². The summed E-state index contributed by atoms with van der Waals surface area (Å²) >= 11 is 0. The molecule has 8 nitrogen and oxygen atoms in total. The van der Waals surface area contributed by atoms with Crippen molar-refractivity contribution < 1.29 is 14.3 Å². The molecule has 0 bridgehead atoms. The number of rotatable bonds is 5. The number of methoxy groups -OCH3 is 2. The molecule has 0 aliphatic carbocycles. The van der Waals surface area contributed by atoms with Crippen LogP contribution in [-0.4, -0.2) is 61.5 Å². The van der Waals surface area contributed by atoms with Gasteiger partial charge in [0.2, 0.25) is 0 Å². The summed E-state index contributed by atoms with van der Waals surface area (Å²) in [4.78, 5) is 16.7. The van der Waals surface area contributed by atoms with Gasteiger partial charge in [-0.05, 0) is 55.3 Å². The summed E-state index contributed by atoms with van der Waals surface area (Å²) < 4.78 is 10.6. The Kier molecular flexibility index (Phi) is 6.63. The van der Waals surface area contributed by atoms with E-state index in [4.69, 9.17) is 9.47 Å². The maximum absolute atomic E-state index is 12.8. The molecule has 0 spiro atoms. The topological polar surface area (TPSA) is 79.8 Å². The van der Waals surface area contributed by atoms with Crippen LogP contribution in [0.25, 0.3) is 11.3 Å². The van der Waals surface area contributed by atoms with Crippen molar-refractivity contribution in [2.75, 3.05) is 50.6 Å². The second-order valence-electron chi connectivity index (χ2n) is 8.05. The van der Waals surface area contributed by atoms with E-state index in [1.54, 1.807) is 37.3 Å². The molecule has 1 fully saturated rings. The van der Waals surface area contributed by atoms with E-state index in [1.165, 1.54) is 11.1 Å². The maximum atomic E-state index is 12.8. The van der Waals surface area contributed by atoms with E-state index in [0.717, 1.165) is 17.1 Å². The molecular formula is C25H29N5O3. The highest BCUT2D eigenvalue weighted by Gasteiger charge is 2.23. The Hall–Kier alpha value is -3.81. The monoisotopic (exact) mass is 447 g/mol. The van der Waals surface area contributed by atoms with Crippen LogP contribution in [0.2, 0.25) is 0 Å². The number of ether oxygens (including phenoxy) is 2. The zero-order valence-electron chi connectivity index (χ0n) is 19.5. The first-order chi connectivity index (χ1) is 16.0. The molecule has 1 aromatic heterocycles. The minimum absolute atomic E-state index is 0.158. The molecule has 0 saturated carbocycles. The minimum atomic E-state index is -0.158. The number of urea groups is 1. The van der Waals surface area contributed by atoms with Gasteiger partial charge in [0.05, 0.1) is 25.6 Å². The molecule has 0 unspecified atom stereocenters. The van der Waals surface area contributed by atoms with Gasteiger partial charge in [0, 0.05) is 37.8 Å². The van der Waals surface area contributed by atoms with E-state index in [1.807, 2.05) is 12.1 Å². The van der Waals surface area contributed by atoms with Crippen LogP contribution >= 0.6 is 0 Å². The second kappa shape index (κ2) is 9.77. The van der Waals surface area contributed by atoms with Gasteiger partial charge in [0.1, 0.15) is 11.5 Å². The lowest BCUT2D eigenvalue weighted by Crippen LogP contribution is -2.50. The number of benzene rings is 2. The van der Waals surface area contributed by atoms with Gasteiger partial charge in [0.25, 0.3) is 0 Å². The summed E-state index contributed by atoms with van der Waals surface area (Å²) in [7, 11) is 3.16. The summed E-state index contributed by atoms with van der Waals surface area (Å²) in [6.07, 6.45) is 0. The summed E-state index contributed by atoms with van der Waals surface area (Å²) in [5, 5.41) is 11.8. The van der Waals surface area contributed by atoms with Crippen molar-refractivity contribution in [1.29, 1.82) is 0 Å². The highest BCUT2D eigenvalue weighted by atomic mass is 16.5. The zero-order chi connectivity index (χ0) is 23.4. The van der Waals surface area contributed by atoms with Gasteiger partial charge in [-0.25, -0.2) is 4.79 Å². The molecular weight excluding hydrogens is 418 g/mol. The Morgan fingerprint density at radius 2 is 1.67 bits per heavy atom. The molecule has 1 aliphatic heterocycles. The van der Waals surface area contributed by atoms with E-state index in [0.29, 0.717) is 43.4 Å². The number of piperazine rings is 1. The fourth-order valence-corrected chi connectivity index (χ4v) is 3.78. The Morgan fingerprint density at radius 1 is 0.879 bits per heavy atom. The molecule has 8 heteroatoms. The molecule has 2 amide bonds. The second-order valence-corrected chi connectivity index (χ2v) is 8.05. The Labute approximate surface area is 194 Å². The highest BCUT2D eigenvalue weighted by molar-refractivity contribution is 5.91. The lowest BCUT2D eigenvalue weighted by Gasteiger charge is -2.35. The van der Waals surface area contributed by atoms with Gasteiger partial charge in [-0.3, -0.25) is 0 Å². The molecule has 0 atom stereocenters. The molecule has 172 valence electrons. The van der Waals surface area contributed by atoms with Crippen LogP contribution in [-0.2, 0) is 0 Å². The highest BCUT2D eigenvalue weighted by Crippen LogP contribution is 2.29. The average molecular weight is 448 g/mol. The smallest absolute Gasteiger partial charge is 0.322 e. The lowest BCUT2D eigenvalue weighted by molar-refractivity contribution is 0.208. The number of hydrogen-bond acceptors (Lipinski definition) is 6. The molecule has 2 aromatic carbocycles. The number of aryl methyl sites for hydroxylation is 2. The molecule has 33 heavy (non-hydrogen) atoms. The summed E-state index contributed by atoms with van der Waals surface area (Å²) in [5.74, 6) is 2.04. The van der Waals surface area contributed by atoms with E-state index >= 15 is 0 Å². The number of aromatic nitrogens is 2. The standard InChI is InChI=1S/C25H29N5O3/c1-17-5-6-19(15-18(17)2)21-9-10-24(28-27-21)29-11-13-30(14-12-29)25(31)26-22-8-7-20(32-3)16-23(22)33-4/h5-10,15-16H,11-14H2,1-4H3,(H,26,31). The number of carbonyl (C=O) groups excluding carboxylic acids is 1. The SMILES string of the molecule is COc1ccc(NC(=O)N2CCN(c3ccc(-c4ccc(C)c(C)c4)nn3)CC2)c(OC)c1. The fourth-order valence-electron chi connectivity index (χ4n) is 3.78. The van der Waals surface area contributed by atoms with Gasteiger partial charge in [-0.15, -0.1) is 10.2 Å². The summed E-state index contributed by atoms with van der Waals surface area (Å²) in [6, 6.07) is 15.5. The van der Waals surface area contributed by atoms with E-state index < -0.39 is 0 Å². The van der Waals surface area contributed by atoms with Crippen molar-refractivity contribution in [1.82, 2.24) is 15.1 Å². The Morgan fingerprint density at radius 3 is 2.30 bits per heavy atom. The van der Waals surface area contributed by atoms with E-state index in [9.17, 15) is 4.79 Å². The molecule has 0 radical (unpaired) electrons. The van der Waals surface area contributed by atoms with Crippen molar-refractivity contribution in [3.05, 3.63) is 59.7 Å². The van der Waals surface area contributed by atoms with Gasteiger partial charge in [0.15, 0.2) is 5.82 Å². The van der Waals surface area contributed by atoms with Crippen LogP contribution in [0.1, 0.15) is 11.1 Å². The Bertz CT molecular complexity index is 1130. The lowest BCUT2D eigenvalue weighted by atomic mass is 10.0. The zero-order valence-corrected chi connectivity index (χ0v) is 19.5. The van der Waals surface area contributed by atoms with Gasteiger partial charge in [-0.1, -0.05) is 12.1 Å². The molecule has 2 heterocycles. The van der Waals surface area contributed by atoms with Crippen molar-refractivity contribution >= 4 is 17.5 Å². The molecule has 1 aliphatic rings. The van der Waals surface area contributed by atoms with Crippen molar-refractivity contribution in [3.8, 4) is 22.8 Å². The first kappa shape index (κ1) is 22.4. The molecule has 1 saturated heterocycles. The quantitative estimate of drug-likeness (QED) is 0.634.